The number of aryl methyl sites for hydroxylation is 1. The highest BCUT2D eigenvalue weighted by molar-refractivity contribution is 6.24. The lowest BCUT2D eigenvalue weighted by Gasteiger charge is -2.28. The van der Waals surface area contributed by atoms with Crippen LogP contribution in [0.1, 0.15) is 5.56 Å². The topological polar surface area (TPSA) is 66.9 Å². The van der Waals surface area contributed by atoms with Gasteiger partial charge in [0.1, 0.15) is 6.04 Å². The molecule has 6 nitrogen and oxygen atoms in total. The SMILES string of the molecule is COC(=O)[C@@H]1[C@H]2C(=O)N(c3ccc(C)cc3)C(=O)[C@H]2CN1c1ccccc1. The monoisotopic (exact) mass is 364 g/mol. The third-order valence-electron chi connectivity index (χ3n) is 5.37. The molecule has 4 rings (SSSR count). The number of benzene rings is 2. The molecule has 2 aliphatic heterocycles. The molecular weight excluding hydrogens is 344 g/mol. The Labute approximate surface area is 157 Å². The van der Waals surface area contributed by atoms with Crippen LogP contribution in [0.15, 0.2) is 54.6 Å². The highest BCUT2D eigenvalue weighted by Crippen LogP contribution is 2.42. The van der Waals surface area contributed by atoms with Crippen molar-refractivity contribution in [1.82, 2.24) is 0 Å². The zero-order valence-electron chi connectivity index (χ0n) is 15.2. The van der Waals surface area contributed by atoms with E-state index in [-0.39, 0.29) is 11.8 Å². The number of amides is 2. The molecule has 0 saturated carbocycles. The predicted molar refractivity (Wildman–Crippen MR) is 100 cm³/mol. The van der Waals surface area contributed by atoms with Crippen molar-refractivity contribution < 1.29 is 19.1 Å². The van der Waals surface area contributed by atoms with Crippen molar-refractivity contribution in [2.45, 2.75) is 13.0 Å². The summed E-state index contributed by atoms with van der Waals surface area (Å²) in [7, 11) is 1.30. The number of hydrogen-bond acceptors (Lipinski definition) is 5. The number of methoxy groups -OCH3 is 1. The summed E-state index contributed by atoms with van der Waals surface area (Å²) in [5.74, 6) is -2.42. The highest BCUT2D eigenvalue weighted by Gasteiger charge is 2.60. The summed E-state index contributed by atoms with van der Waals surface area (Å²) in [5, 5.41) is 0. The third-order valence-corrected chi connectivity index (χ3v) is 5.37. The van der Waals surface area contributed by atoms with Gasteiger partial charge in [-0.15, -0.1) is 0 Å². The van der Waals surface area contributed by atoms with E-state index in [2.05, 4.69) is 0 Å². The summed E-state index contributed by atoms with van der Waals surface area (Å²) >= 11 is 0. The first kappa shape index (κ1) is 17.3. The lowest BCUT2D eigenvalue weighted by atomic mass is 9.93. The number of anilines is 2. The van der Waals surface area contributed by atoms with Gasteiger partial charge in [-0.1, -0.05) is 35.9 Å². The molecule has 2 aromatic rings. The fourth-order valence-corrected chi connectivity index (χ4v) is 4.04. The van der Waals surface area contributed by atoms with Gasteiger partial charge in [0.15, 0.2) is 0 Å². The van der Waals surface area contributed by atoms with Crippen molar-refractivity contribution in [3.8, 4) is 0 Å². The Kier molecular flexibility index (Phi) is 4.18. The molecule has 0 N–H and O–H groups in total. The minimum atomic E-state index is -0.811. The van der Waals surface area contributed by atoms with Crippen LogP contribution >= 0.6 is 0 Å². The van der Waals surface area contributed by atoms with E-state index in [4.69, 9.17) is 4.74 Å². The lowest BCUT2D eigenvalue weighted by Crippen LogP contribution is -2.45. The molecular formula is C21H20N2O4. The van der Waals surface area contributed by atoms with E-state index < -0.39 is 23.8 Å². The molecule has 0 radical (unpaired) electrons. The van der Waals surface area contributed by atoms with Gasteiger partial charge in [-0.25, -0.2) is 9.69 Å². The summed E-state index contributed by atoms with van der Waals surface area (Å²) in [6.45, 7) is 2.25. The number of carbonyl (C=O) groups excluding carboxylic acids is 3. The number of rotatable bonds is 3. The Morgan fingerprint density at radius 3 is 2.26 bits per heavy atom. The summed E-state index contributed by atoms with van der Waals surface area (Å²) in [4.78, 5) is 41.8. The molecule has 0 unspecified atom stereocenters. The standard InChI is InChI=1S/C21H20N2O4/c1-13-8-10-15(11-9-13)23-19(24)16-12-22(14-6-4-3-5-7-14)18(21(26)27-2)17(16)20(23)25/h3-11,16-18H,12H2,1-2H3/t16-,17-,18-/m0/s1. The van der Waals surface area contributed by atoms with Gasteiger partial charge in [-0.2, -0.15) is 0 Å². The van der Waals surface area contributed by atoms with E-state index in [1.807, 2.05) is 54.3 Å². The number of imide groups is 1. The predicted octanol–water partition coefficient (Wildman–Crippen LogP) is 2.16. The molecule has 138 valence electrons. The number of fused-ring (bicyclic) bond motifs is 1. The van der Waals surface area contributed by atoms with E-state index in [1.165, 1.54) is 12.0 Å². The molecule has 2 saturated heterocycles. The molecule has 2 heterocycles. The van der Waals surface area contributed by atoms with Crippen LogP contribution in [0.25, 0.3) is 0 Å². The largest absolute Gasteiger partial charge is 0.467 e. The minimum absolute atomic E-state index is 0.263. The molecule has 6 heteroatoms. The van der Waals surface area contributed by atoms with Crippen molar-refractivity contribution in [2.75, 3.05) is 23.5 Å². The second kappa shape index (κ2) is 6.54. The van der Waals surface area contributed by atoms with E-state index >= 15 is 0 Å². The minimum Gasteiger partial charge on any atom is -0.467 e. The van der Waals surface area contributed by atoms with E-state index in [0.717, 1.165) is 11.3 Å². The summed E-state index contributed by atoms with van der Waals surface area (Å²) in [5.41, 5.74) is 2.38. The maximum absolute atomic E-state index is 13.2. The number of para-hydroxylation sites is 1. The molecule has 2 aromatic carbocycles. The van der Waals surface area contributed by atoms with Crippen LogP contribution in [0.4, 0.5) is 11.4 Å². The Morgan fingerprint density at radius 2 is 1.63 bits per heavy atom. The first-order chi connectivity index (χ1) is 13.0. The van der Waals surface area contributed by atoms with Crippen molar-refractivity contribution in [1.29, 1.82) is 0 Å². The first-order valence-corrected chi connectivity index (χ1v) is 8.87. The van der Waals surface area contributed by atoms with Gasteiger partial charge in [0, 0.05) is 12.2 Å². The van der Waals surface area contributed by atoms with Gasteiger partial charge < -0.3 is 9.64 Å². The number of nitrogens with zero attached hydrogens (tertiary/aromatic N) is 2. The number of hydrogen-bond donors (Lipinski definition) is 0. The van der Waals surface area contributed by atoms with Crippen molar-refractivity contribution in [2.24, 2.45) is 11.8 Å². The van der Waals surface area contributed by atoms with Crippen LogP contribution in [0.5, 0.6) is 0 Å². The summed E-state index contributed by atoms with van der Waals surface area (Å²) < 4.78 is 4.97. The second-order valence-corrected chi connectivity index (χ2v) is 6.94. The Morgan fingerprint density at radius 1 is 0.963 bits per heavy atom. The van der Waals surface area contributed by atoms with Crippen molar-refractivity contribution in [3.63, 3.8) is 0 Å². The Balaban J connectivity index is 1.72. The molecule has 2 aliphatic rings. The summed E-state index contributed by atoms with van der Waals surface area (Å²) in [6, 6.07) is 15.8. The van der Waals surface area contributed by atoms with E-state index in [1.54, 1.807) is 12.1 Å². The Bertz CT molecular complexity index is 894. The van der Waals surface area contributed by atoms with E-state index in [0.29, 0.717) is 12.2 Å². The number of carbonyl (C=O) groups is 3. The zero-order valence-corrected chi connectivity index (χ0v) is 15.2. The highest BCUT2D eigenvalue weighted by atomic mass is 16.5. The summed E-state index contributed by atoms with van der Waals surface area (Å²) in [6.07, 6.45) is 0. The molecule has 3 atom stereocenters. The van der Waals surface area contributed by atoms with E-state index in [9.17, 15) is 14.4 Å². The van der Waals surface area contributed by atoms with Gasteiger partial charge >= 0.3 is 5.97 Å². The van der Waals surface area contributed by atoms with Gasteiger partial charge in [0.2, 0.25) is 11.8 Å². The van der Waals surface area contributed by atoms with Crippen LogP contribution in [-0.2, 0) is 19.1 Å². The molecule has 2 fully saturated rings. The van der Waals surface area contributed by atoms with Crippen molar-refractivity contribution >= 4 is 29.2 Å². The fourth-order valence-electron chi connectivity index (χ4n) is 4.04. The van der Waals surface area contributed by atoms with Crippen LogP contribution in [0, 0.1) is 18.8 Å². The van der Waals surface area contributed by atoms with Crippen LogP contribution in [-0.4, -0.2) is 37.5 Å². The van der Waals surface area contributed by atoms with Crippen molar-refractivity contribution in [3.05, 3.63) is 60.2 Å². The molecule has 2 amide bonds. The number of esters is 1. The van der Waals surface area contributed by atoms with Gasteiger partial charge in [0.05, 0.1) is 24.6 Å². The smallest absolute Gasteiger partial charge is 0.329 e. The molecule has 27 heavy (non-hydrogen) atoms. The van der Waals surface area contributed by atoms with Crippen LogP contribution < -0.4 is 9.80 Å². The maximum atomic E-state index is 13.2. The molecule has 0 bridgehead atoms. The van der Waals surface area contributed by atoms with Crippen LogP contribution in [0.2, 0.25) is 0 Å². The number of ether oxygens (including phenoxy) is 1. The maximum Gasteiger partial charge on any atom is 0.329 e. The van der Waals surface area contributed by atoms with Gasteiger partial charge in [0.25, 0.3) is 0 Å². The van der Waals surface area contributed by atoms with Gasteiger partial charge in [-0.3, -0.25) is 9.59 Å². The molecule has 0 aliphatic carbocycles. The normalized spacial score (nSPS) is 24.3. The molecule has 0 aromatic heterocycles. The Hall–Kier alpha value is -3.15. The van der Waals surface area contributed by atoms with Crippen LogP contribution in [0.3, 0.4) is 0 Å². The first-order valence-electron chi connectivity index (χ1n) is 8.87. The van der Waals surface area contributed by atoms with Gasteiger partial charge in [-0.05, 0) is 31.2 Å². The fraction of sp³-hybridized carbons (Fsp3) is 0.286. The zero-order chi connectivity index (χ0) is 19.1. The quantitative estimate of drug-likeness (QED) is 0.617. The average Bonchev–Trinajstić information content (AvgIpc) is 3.19. The lowest BCUT2D eigenvalue weighted by molar-refractivity contribution is -0.144. The third kappa shape index (κ3) is 2.68. The average molecular weight is 364 g/mol. The molecule has 0 spiro atoms. The second-order valence-electron chi connectivity index (χ2n) is 6.94.